The molecule has 2 aromatic rings. The number of nitrogens with zero attached hydrogens (tertiary/aromatic N) is 1. The predicted octanol–water partition coefficient (Wildman–Crippen LogP) is 2.16. The fourth-order valence-electron chi connectivity index (χ4n) is 1.91. The molecular formula is C16H17NO4. The van der Waals surface area contributed by atoms with Gasteiger partial charge in [0.15, 0.2) is 5.75 Å². The highest BCUT2D eigenvalue weighted by molar-refractivity contribution is 5.73. The van der Waals surface area contributed by atoms with Gasteiger partial charge in [0.1, 0.15) is 12.6 Å². The van der Waals surface area contributed by atoms with E-state index >= 15 is 0 Å². The zero-order valence-electron chi connectivity index (χ0n) is 12.0. The molecule has 1 unspecified atom stereocenters. The number of benzene rings is 1. The van der Waals surface area contributed by atoms with Crippen molar-refractivity contribution in [3.8, 4) is 5.75 Å². The van der Waals surface area contributed by atoms with E-state index in [4.69, 9.17) is 9.47 Å². The van der Waals surface area contributed by atoms with Crippen molar-refractivity contribution in [3.63, 3.8) is 0 Å². The van der Waals surface area contributed by atoms with Gasteiger partial charge in [0, 0.05) is 6.20 Å². The largest absolute Gasteiger partial charge is 0.491 e. The summed E-state index contributed by atoms with van der Waals surface area (Å²) in [4.78, 5) is 24.1. The van der Waals surface area contributed by atoms with Crippen molar-refractivity contribution in [2.24, 2.45) is 0 Å². The Hall–Kier alpha value is -2.56. The number of pyridine rings is 1. The zero-order chi connectivity index (χ0) is 15.2. The van der Waals surface area contributed by atoms with E-state index in [1.54, 1.807) is 25.3 Å². The Balaban J connectivity index is 2.08. The number of methoxy groups -OCH3 is 1. The van der Waals surface area contributed by atoms with Crippen molar-refractivity contribution in [1.29, 1.82) is 0 Å². The maximum Gasteiger partial charge on any atom is 0.329 e. The summed E-state index contributed by atoms with van der Waals surface area (Å²) in [7, 11) is 1.42. The molecule has 0 aliphatic carbocycles. The van der Waals surface area contributed by atoms with Crippen LogP contribution in [0, 0.1) is 0 Å². The SMILES string of the molecule is COc1cccn(C(C)C(=O)OCc2ccccc2)c1=O. The van der Waals surface area contributed by atoms with Crippen molar-refractivity contribution in [2.45, 2.75) is 19.6 Å². The summed E-state index contributed by atoms with van der Waals surface area (Å²) in [6.45, 7) is 1.80. The molecular weight excluding hydrogens is 270 g/mol. The predicted molar refractivity (Wildman–Crippen MR) is 78.2 cm³/mol. The van der Waals surface area contributed by atoms with Gasteiger partial charge in [-0.25, -0.2) is 4.79 Å². The van der Waals surface area contributed by atoms with Crippen molar-refractivity contribution in [2.75, 3.05) is 7.11 Å². The molecule has 2 rings (SSSR count). The summed E-state index contributed by atoms with van der Waals surface area (Å²) < 4.78 is 11.5. The van der Waals surface area contributed by atoms with E-state index in [9.17, 15) is 9.59 Å². The molecule has 0 spiro atoms. The van der Waals surface area contributed by atoms with Crippen molar-refractivity contribution in [3.05, 3.63) is 64.6 Å². The Morgan fingerprint density at radius 3 is 2.57 bits per heavy atom. The van der Waals surface area contributed by atoms with Gasteiger partial charge in [-0.05, 0) is 24.6 Å². The highest BCUT2D eigenvalue weighted by Crippen LogP contribution is 2.10. The van der Waals surface area contributed by atoms with E-state index < -0.39 is 12.0 Å². The Morgan fingerprint density at radius 1 is 1.19 bits per heavy atom. The Labute approximate surface area is 122 Å². The summed E-state index contributed by atoms with van der Waals surface area (Å²) >= 11 is 0. The molecule has 110 valence electrons. The van der Waals surface area contributed by atoms with Crippen LogP contribution in [-0.2, 0) is 16.1 Å². The number of ether oxygens (including phenoxy) is 2. The third kappa shape index (κ3) is 3.51. The first-order valence-electron chi connectivity index (χ1n) is 6.59. The van der Waals surface area contributed by atoms with E-state index in [0.29, 0.717) is 0 Å². The van der Waals surface area contributed by atoms with Crippen LogP contribution >= 0.6 is 0 Å². The van der Waals surface area contributed by atoms with Crippen LogP contribution in [0.3, 0.4) is 0 Å². The molecule has 0 aliphatic heterocycles. The topological polar surface area (TPSA) is 57.5 Å². The molecule has 0 radical (unpaired) electrons. The van der Waals surface area contributed by atoms with Gasteiger partial charge in [0.25, 0.3) is 5.56 Å². The Bertz CT molecular complexity index is 663. The maximum atomic E-state index is 12.1. The minimum absolute atomic E-state index is 0.183. The van der Waals surface area contributed by atoms with Gasteiger partial charge in [-0.3, -0.25) is 9.36 Å². The lowest BCUT2D eigenvalue weighted by Gasteiger charge is -2.15. The number of carbonyl (C=O) groups is 1. The average molecular weight is 287 g/mol. The van der Waals surface area contributed by atoms with Crippen LogP contribution < -0.4 is 10.3 Å². The molecule has 1 atom stereocenters. The number of carbonyl (C=O) groups excluding carboxylic acids is 1. The molecule has 5 heteroatoms. The minimum Gasteiger partial charge on any atom is -0.491 e. The second-order valence-corrected chi connectivity index (χ2v) is 4.56. The van der Waals surface area contributed by atoms with Gasteiger partial charge < -0.3 is 9.47 Å². The summed E-state index contributed by atoms with van der Waals surface area (Å²) in [5.74, 6) is -0.269. The molecule has 1 aromatic carbocycles. The molecule has 1 aromatic heterocycles. The summed E-state index contributed by atoms with van der Waals surface area (Å²) in [5.41, 5.74) is 0.542. The van der Waals surface area contributed by atoms with Crippen LogP contribution in [-0.4, -0.2) is 17.6 Å². The van der Waals surface area contributed by atoms with E-state index in [-0.39, 0.29) is 17.9 Å². The van der Waals surface area contributed by atoms with Gasteiger partial charge in [-0.1, -0.05) is 30.3 Å². The molecule has 0 saturated heterocycles. The van der Waals surface area contributed by atoms with E-state index in [0.717, 1.165) is 5.56 Å². The first-order chi connectivity index (χ1) is 10.1. The molecule has 1 heterocycles. The minimum atomic E-state index is -0.712. The summed E-state index contributed by atoms with van der Waals surface area (Å²) in [6.07, 6.45) is 1.54. The average Bonchev–Trinajstić information content (AvgIpc) is 2.53. The Morgan fingerprint density at radius 2 is 1.90 bits per heavy atom. The number of hydrogen-bond acceptors (Lipinski definition) is 4. The van der Waals surface area contributed by atoms with Crippen LogP contribution in [0.25, 0.3) is 0 Å². The number of rotatable bonds is 5. The van der Waals surface area contributed by atoms with E-state index in [2.05, 4.69) is 0 Å². The first-order valence-corrected chi connectivity index (χ1v) is 6.59. The highest BCUT2D eigenvalue weighted by Gasteiger charge is 2.18. The van der Waals surface area contributed by atoms with Crippen LogP contribution in [0.4, 0.5) is 0 Å². The van der Waals surface area contributed by atoms with Crippen molar-refractivity contribution < 1.29 is 14.3 Å². The zero-order valence-corrected chi connectivity index (χ0v) is 12.0. The van der Waals surface area contributed by atoms with Gasteiger partial charge in [-0.15, -0.1) is 0 Å². The molecule has 0 amide bonds. The first kappa shape index (κ1) is 14.8. The van der Waals surface area contributed by atoms with E-state index in [1.165, 1.54) is 11.7 Å². The number of aromatic nitrogens is 1. The molecule has 21 heavy (non-hydrogen) atoms. The van der Waals surface area contributed by atoms with Crippen LogP contribution in [0.15, 0.2) is 53.5 Å². The lowest BCUT2D eigenvalue weighted by atomic mass is 10.2. The summed E-state index contributed by atoms with van der Waals surface area (Å²) in [6, 6.07) is 11.9. The van der Waals surface area contributed by atoms with E-state index in [1.807, 2.05) is 30.3 Å². The number of esters is 1. The standard InChI is InChI=1S/C16H17NO4/c1-12(17-10-6-9-14(20-2)15(17)18)16(19)21-11-13-7-4-3-5-8-13/h3-10,12H,11H2,1-2H3. The monoisotopic (exact) mass is 287 g/mol. The molecule has 0 N–H and O–H groups in total. The maximum absolute atomic E-state index is 12.1. The fraction of sp³-hybridized carbons (Fsp3) is 0.250. The molecule has 5 nitrogen and oxygen atoms in total. The van der Waals surface area contributed by atoms with Gasteiger partial charge >= 0.3 is 5.97 Å². The van der Waals surface area contributed by atoms with Gasteiger partial charge in [0.05, 0.1) is 7.11 Å². The molecule has 0 fully saturated rings. The quantitative estimate of drug-likeness (QED) is 0.791. The lowest BCUT2D eigenvalue weighted by Crippen LogP contribution is -2.29. The normalized spacial score (nSPS) is 11.7. The second kappa shape index (κ2) is 6.74. The van der Waals surface area contributed by atoms with Crippen LogP contribution in [0.5, 0.6) is 5.75 Å². The highest BCUT2D eigenvalue weighted by atomic mass is 16.5. The number of hydrogen-bond donors (Lipinski definition) is 0. The molecule has 0 aliphatic rings. The van der Waals surface area contributed by atoms with Gasteiger partial charge in [-0.2, -0.15) is 0 Å². The lowest BCUT2D eigenvalue weighted by molar-refractivity contribution is -0.148. The van der Waals surface area contributed by atoms with Gasteiger partial charge in [0.2, 0.25) is 0 Å². The molecule has 0 bridgehead atoms. The van der Waals surface area contributed by atoms with Crippen LogP contribution in [0.1, 0.15) is 18.5 Å². The van der Waals surface area contributed by atoms with Crippen molar-refractivity contribution in [1.82, 2.24) is 4.57 Å². The fourth-order valence-corrected chi connectivity index (χ4v) is 1.91. The van der Waals surface area contributed by atoms with Crippen molar-refractivity contribution >= 4 is 5.97 Å². The third-order valence-corrected chi connectivity index (χ3v) is 3.14. The summed E-state index contributed by atoms with van der Waals surface area (Å²) in [5, 5.41) is 0. The van der Waals surface area contributed by atoms with Crippen LogP contribution in [0.2, 0.25) is 0 Å². The molecule has 0 saturated carbocycles. The third-order valence-electron chi connectivity index (χ3n) is 3.14. The Kier molecular flexibility index (Phi) is 4.77. The second-order valence-electron chi connectivity index (χ2n) is 4.56. The smallest absolute Gasteiger partial charge is 0.329 e.